The molecule has 7 heteroatoms. The van der Waals surface area contributed by atoms with Gasteiger partial charge in [-0.3, -0.25) is 4.79 Å². The molecular formula is C15H19N5O2. The van der Waals surface area contributed by atoms with E-state index in [9.17, 15) is 4.79 Å². The fraction of sp³-hybridized carbons (Fsp3) is 0.400. The lowest BCUT2D eigenvalue weighted by Gasteiger charge is -2.23. The predicted octanol–water partition coefficient (Wildman–Crippen LogP) is -0.0690. The Bertz CT molecular complexity index is 608. The zero-order valence-electron chi connectivity index (χ0n) is 12.2. The Kier molecular flexibility index (Phi) is 4.77. The van der Waals surface area contributed by atoms with Gasteiger partial charge in [0.15, 0.2) is 0 Å². The van der Waals surface area contributed by atoms with E-state index in [0.717, 1.165) is 17.7 Å². The van der Waals surface area contributed by atoms with Crippen molar-refractivity contribution < 1.29 is 9.53 Å². The van der Waals surface area contributed by atoms with E-state index in [1.54, 1.807) is 11.0 Å². The second-order valence-corrected chi connectivity index (χ2v) is 5.14. The summed E-state index contributed by atoms with van der Waals surface area (Å²) in [5, 5.41) is 10.2. The van der Waals surface area contributed by atoms with Crippen molar-refractivity contribution in [3.8, 4) is 0 Å². The van der Waals surface area contributed by atoms with E-state index in [4.69, 9.17) is 4.74 Å². The Labute approximate surface area is 128 Å². The highest BCUT2D eigenvalue weighted by atomic mass is 16.5. The van der Waals surface area contributed by atoms with Gasteiger partial charge in [0.05, 0.1) is 13.2 Å². The first-order chi connectivity index (χ1) is 10.8. The normalized spacial score (nSPS) is 18.1. The van der Waals surface area contributed by atoms with E-state index >= 15 is 0 Å². The highest BCUT2D eigenvalue weighted by Crippen LogP contribution is 2.10. The van der Waals surface area contributed by atoms with Crippen LogP contribution in [-0.2, 0) is 22.6 Å². The van der Waals surface area contributed by atoms with Gasteiger partial charge >= 0.3 is 0 Å². The molecule has 3 rings (SSSR count). The number of carbonyl (C=O) groups is 1. The molecule has 22 heavy (non-hydrogen) atoms. The number of carbonyl (C=O) groups excluding carboxylic acids is 1. The number of hydrogen-bond donors (Lipinski definition) is 2. The Balaban J connectivity index is 1.61. The molecule has 2 heterocycles. The van der Waals surface area contributed by atoms with Crippen LogP contribution >= 0.6 is 0 Å². The number of nitrogens with zero attached hydrogens (tertiary/aromatic N) is 3. The first kappa shape index (κ1) is 14.7. The van der Waals surface area contributed by atoms with Crippen LogP contribution in [0.1, 0.15) is 11.1 Å². The maximum absolute atomic E-state index is 12.1. The summed E-state index contributed by atoms with van der Waals surface area (Å²) in [6.07, 6.45) is 2.78. The fourth-order valence-corrected chi connectivity index (χ4v) is 2.40. The second-order valence-electron chi connectivity index (χ2n) is 5.14. The number of rotatable bonds is 5. The standard InChI is InChI=1S/C15H19N5O2/c21-15(14-8-16-5-6-22-14)18-7-12-3-1-2-4-13(12)9-20-11-17-10-19-20/h1-4,10-11,14,16H,5-9H2,(H,18,21)/t14-/m1/s1. The van der Waals surface area contributed by atoms with Gasteiger partial charge in [-0.2, -0.15) is 5.10 Å². The third-order valence-electron chi connectivity index (χ3n) is 3.59. The van der Waals surface area contributed by atoms with Crippen molar-refractivity contribution in [2.45, 2.75) is 19.2 Å². The van der Waals surface area contributed by atoms with E-state index in [1.165, 1.54) is 6.33 Å². The molecule has 2 aromatic rings. The summed E-state index contributed by atoms with van der Waals surface area (Å²) in [5.74, 6) is -0.0808. The molecule has 0 aliphatic carbocycles. The van der Waals surface area contributed by atoms with Crippen LogP contribution in [0.3, 0.4) is 0 Å². The summed E-state index contributed by atoms with van der Waals surface area (Å²) in [4.78, 5) is 16.0. The van der Waals surface area contributed by atoms with Crippen LogP contribution in [0.15, 0.2) is 36.9 Å². The van der Waals surface area contributed by atoms with Crippen LogP contribution < -0.4 is 10.6 Å². The minimum Gasteiger partial charge on any atom is -0.366 e. The third-order valence-corrected chi connectivity index (χ3v) is 3.59. The SMILES string of the molecule is O=C(NCc1ccccc1Cn1cncn1)[C@H]1CNCCO1. The van der Waals surface area contributed by atoms with Gasteiger partial charge < -0.3 is 15.4 Å². The summed E-state index contributed by atoms with van der Waals surface area (Å²) in [6, 6.07) is 7.98. The molecule has 1 aromatic heterocycles. The monoisotopic (exact) mass is 301 g/mol. The van der Waals surface area contributed by atoms with Crippen molar-refractivity contribution in [1.82, 2.24) is 25.4 Å². The summed E-state index contributed by atoms with van der Waals surface area (Å²) < 4.78 is 7.21. The highest BCUT2D eigenvalue weighted by Gasteiger charge is 2.21. The van der Waals surface area contributed by atoms with Crippen molar-refractivity contribution in [1.29, 1.82) is 0 Å². The molecule has 0 spiro atoms. The van der Waals surface area contributed by atoms with E-state index in [0.29, 0.717) is 26.2 Å². The maximum atomic E-state index is 12.1. The topological polar surface area (TPSA) is 81.1 Å². The van der Waals surface area contributed by atoms with Crippen LogP contribution in [0.2, 0.25) is 0 Å². The van der Waals surface area contributed by atoms with Gasteiger partial charge in [0.1, 0.15) is 18.8 Å². The Morgan fingerprint density at radius 3 is 3.00 bits per heavy atom. The number of hydrogen-bond acceptors (Lipinski definition) is 5. The average molecular weight is 301 g/mol. The number of morpholine rings is 1. The lowest BCUT2D eigenvalue weighted by atomic mass is 10.1. The number of benzene rings is 1. The van der Waals surface area contributed by atoms with Crippen LogP contribution in [0.4, 0.5) is 0 Å². The van der Waals surface area contributed by atoms with Gasteiger partial charge in [-0.25, -0.2) is 9.67 Å². The maximum Gasteiger partial charge on any atom is 0.250 e. The smallest absolute Gasteiger partial charge is 0.250 e. The molecule has 0 radical (unpaired) electrons. The molecule has 7 nitrogen and oxygen atoms in total. The Morgan fingerprint density at radius 1 is 1.41 bits per heavy atom. The summed E-state index contributed by atoms with van der Waals surface area (Å²) in [7, 11) is 0. The van der Waals surface area contributed by atoms with Crippen LogP contribution in [0.5, 0.6) is 0 Å². The van der Waals surface area contributed by atoms with Crippen LogP contribution in [0.25, 0.3) is 0 Å². The first-order valence-corrected chi connectivity index (χ1v) is 7.32. The van der Waals surface area contributed by atoms with Crippen molar-refractivity contribution in [2.75, 3.05) is 19.7 Å². The quantitative estimate of drug-likeness (QED) is 0.808. The summed E-state index contributed by atoms with van der Waals surface area (Å²) in [5.41, 5.74) is 2.17. The van der Waals surface area contributed by atoms with Gasteiger partial charge in [0, 0.05) is 19.6 Å². The van der Waals surface area contributed by atoms with Gasteiger partial charge in [0.25, 0.3) is 5.91 Å². The van der Waals surface area contributed by atoms with E-state index in [-0.39, 0.29) is 5.91 Å². The minimum atomic E-state index is -0.406. The molecule has 116 valence electrons. The predicted molar refractivity (Wildman–Crippen MR) is 80.0 cm³/mol. The molecular weight excluding hydrogens is 282 g/mol. The van der Waals surface area contributed by atoms with Gasteiger partial charge in [0.2, 0.25) is 0 Å². The van der Waals surface area contributed by atoms with Crippen molar-refractivity contribution in [3.63, 3.8) is 0 Å². The molecule has 1 aromatic carbocycles. The highest BCUT2D eigenvalue weighted by molar-refractivity contribution is 5.81. The first-order valence-electron chi connectivity index (χ1n) is 7.32. The Hall–Kier alpha value is -2.25. The molecule has 0 saturated carbocycles. The van der Waals surface area contributed by atoms with Crippen LogP contribution in [-0.4, -0.2) is 46.5 Å². The minimum absolute atomic E-state index is 0.0808. The van der Waals surface area contributed by atoms with Gasteiger partial charge in [-0.05, 0) is 11.1 Å². The fourth-order valence-electron chi connectivity index (χ4n) is 2.40. The number of ether oxygens (including phenoxy) is 1. The van der Waals surface area contributed by atoms with Gasteiger partial charge in [-0.15, -0.1) is 0 Å². The molecule has 1 atom stereocenters. The molecule has 0 bridgehead atoms. The molecule has 1 aliphatic rings. The average Bonchev–Trinajstić information content (AvgIpc) is 3.07. The molecule has 1 amide bonds. The molecule has 1 saturated heterocycles. The van der Waals surface area contributed by atoms with E-state index in [2.05, 4.69) is 20.7 Å². The molecule has 1 fully saturated rings. The van der Waals surface area contributed by atoms with Crippen molar-refractivity contribution in [3.05, 3.63) is 48.0 Å². The molecule has 0 unspecified atom stereocenters. The zero-order valence-corrected chi connectivity index (χ0v) is 12.2. The van der Waals surface area contributed by atoms with E-state index in [1.807, 2.05) is 24.3 Å². The third kappa shape index (κ3) is 3.69. The number of aromatic nitrogens is 3. The lowest BCUT2D eigenvalue weighted by Crippen LogP contribution is -2.47. The van der Waals surface area contributed by atoms with Crippen molar-refractivity contribution >= 4 is 5.91 Å². The number of nitrogens with one attached hydrogen (secondary N) is 2. The molecule has 1 aliphatic heterocycles. The summed E-state index contributed by atoms with van der Waals surface area (Å²) >= 11 is 0. The second kappa shape index (κ2) is 7.15. The van der Waals surface area contributed by atoms with Crippen LogP contribution in [0, 0.1) is 0 Å². The summed E-state index contributed by atoms with van der Waals surface area (Å²) in [6.45, 7) is 3.04. The van der Waals surface area contributed by atoms with Gasteiger partial charge in [-0.1, -0.05) is 24.3 Å². The van der Waals surface area contributed by atoms with E-state index < -0.39 is 6.10 Å². The molecule has 2 N–H and O–H groups in total. The largest absolute Gasteiger partial charge is 0.366 e. The Morgan fingerprint density at radius 2 is 2.27 bits per heavy atom. The number of amides is 1. The zero-order chi connectivity index (χ0) is 15.2. The lowest BCUT2D eigenvalue weighted by molar-refractivity contribution is -0.134. The van der Waals surface area contributed by atoms with Crippen molar-refractivity contribution in [2.24, 2.45) is 0 Å².